The summed E-state index contributed by atoms with van der Waals surface area (Å²) in [6.07, 6.45) is 0. The molecule has 1 nitrogen and oxygen atoms in total. The smallest absolute Gasteiger partial charge is 0.0112 e. The van der Waals surface area contributed by atoms with E-state index in [1.807, 2.05) is 0 Å². The number of hydrogen-bond donors (Lipinski definition) is 0. The quantitative estimate of drug-likeness (QED) is 0.738. The molecule has 1 unspecified atom stereocenters. The lowest BCUT2D eigenvalue weighted by molar-refractivity contribution is 0.220. The summed E-state index contributed by atoms with van der Waals surface area (Å²) in [5.41, 5.74) is 1.78. The first kappa shape index (κ1) is 14.7. The molecule has 0 heterocycles. The minimum absolute atomic E-state index is 0.363. The third-order valence-electron chi connectivity index (χ3n) is 2.73. The van der Waals surface area contributed by atoms with Gasteiger partial charge in [-0.2, -0.15) is 0 Å². The summed E-state index contributed by atoms with van der Waals surface area (Å²) in [5.74, 6) is 0.573. The first-order chi connectivity index (χ1) is 7.92. The molecule has 2 heteroatoms. The molecular formula is C15H24BrN. The van der Waals surface area contributed by atoms with Gasteiger partial charge in [0, 0.05) is 24.3 Å². The standard InChI is InChI=1S/C15H24BrN/c1-15(2,3)12-17(4)11-14(10-16)13-8-6-5-7-9-13/h5-9,14H,10-12H2,1-4H3. The van der Waals surface area contributed by atoms with E-state index in [0.717, 1.165) is 18.4 Å². The zero-order valence-corrected chi connectivity index (χ0v) is 13.0. The van der Waals surface area contributed by atoms with Crippen LogP contribution in [-0.4, -0.2) is 30.4 Å². The van der Waals surface area contributed by atoms with Gasteiger partial charge in [0.1, 0.15) is 0 Å². The number of halogens is 1. The summed E-state index contributed by atoms with van der Waals surface area (Å²) in [6.45, 7) is 9.09. The van der Waals surface area contributed by atoms with Crippen molar-refractivity contribution in [2.75, 3.05) is 25.5 Å². The Bertz CT molecular complexity index is 315. The van der Waals surface area contributed by atoms with Crippen molar-refractivity contribution in [3.63, 3.8) is 0 Å². The van der Waals surface area contributed by atoms with E-state index in [-0.39, 0.29) is 0 Å². The van der Waals surface area contributed by atoms with Crippen LogP contribution < -0.4 is 0 Å². The van der Waals surface area contributed by atoms with Crippen molar-refractivity contribution in [2.24, 2.45) is 5.41 Å². The number of benzene rings is 1. The van der Waals surface area contributed by atoms with E-state index in [4.69, 9.17) is 0 Å². The van der Waals surface area contributed by atoms with E-state index in [2.05, 4.69) is 79.0 Å². The van der Waals surface area contributed by atoms with Crippen LogP contribution in [0.4, 0.5) is 0 Å². The summed E-state index contributed by atoms with van der Waals surface area (Å²) in [7, 11) is 2.21. The van der Waals surface area contributed by atoms with Crippen LogP contribution in [0.25, 0.3) is 0 Å². The molecule has 0 saturated heterocycles. The molecule has 0 aliphatic carbocycles. The van der Waals surface area contributed by atoms with Crippen LogP contribution in [0.3, 0.4) is 0 Å². The van der Waals surface area contributed by atoms with Crippen molar-refractivity contribution in [3.8, 4) is 0 Å². The Morgan fingerprint density at radius 2 is 1.76 bits per heavy atom. The third kappa shape index (κ3) is 5.69. The van der Waals surface area contributed by atoms with Crippen molar-refractivity contribution in [2.45, 2.75) is 26.7 Å². The van der Waals surface area contributed by atoms with E-state index < -0.39 is 0 Å². The van der Waals surface area contributed by atoms with Crippen LogP contribution in [0.2, 0.25) is 0 Å². The first-order valence-corrected chi connectivity index (χ1v) is 7.34. The largest absolute Gasteiger partial charge is 0.305 e. The highest BCUT2D eigenvalue weighted by Crippen LogP contribution is 2.21. The Morgan fingerprint density at radius 3 is 2.24 bits per heavy atom. The van der Waals surface area contributed by atoms with Gasteiger partial charge in [-0.05, 0) is 18.0 Å². The van der Waals surface area contributed by atoms with Crippen LogP contribution in [0.5, 0.6) is 0 Å². The van der Waals surface area contributed by atoms with Gasteiger partial charge in [-0.25, -0.2) is 0 Å². The van der Waals surface area contributed by atoms with Crippen LogP contribution in [0, 0.1) is 5.41 Å². The lowest BCUT2D eigenvalue weighted by atomic mass is 9.95. The molecule has 1 rings (SSSR count). The Hall–Kier alpha value is -0.340. The fraction of sp³-hybridized carbons (Fsp3) is 0.600. The van der Waals surface area contributed by atoms with Gasteiger partial charge in [0.2, 0.25) is 0 Å². The topological polar surface area (TPSA) is 3.24 Å². The van der Waals surface area contributed by atoms with Gasteiger partial charge in [0.15, 0.2) is 0 Å². The number of rotatable bonds is 5. The van der Waals surface area contributed by atoms with E-state index in [1.54, 1.807) is 0 Å². The number of likely N-dealkylation sites (N-methyl/N-ethyl adjacent to an activating group) is 1. The van der Waals surface area contributed by atoms with Crippen molar-refractivity contribution >= 4 is 15.9 Å². The minimum Gasteiger partial charge on any atom is -0.305 e. The van der Waals surface area contributed by atoms with Crippen molar-refractivity contribution in [3.05, 3.63) is 35.9 Å². The zero-order valence-electron chi connectivity index (χ0n) is 11.4. The van der Waals surface area contributed by atoms with E-state index >= 15 is 0 Å². The van der Waals surface area contributed by atoms with Gasteiger partial charge in [-0.1, -0.05) is 67.0 Å². The summed E-state index contributed by atoms with van der Waals surface area (Å²) in [5, 5.41) is 1.02. The van der Waals surface area contributed by atoms with Crippen LogP contribution >= 0.6 is 15.9 Å². The van der Waals surface area contributed by atoms with Crippen molar-refractivity contribution < 1.29 is 0 Å². The normalized spacial score (nSPS) is 14.0. The number of hydrogen-bond acceptors (Lipinski definition) is 1. The van der Waals surface area contributed by atoms with Gasteiger partial charge in [-0.3, -0.25) is 0 Å². The molecule has 1 atom stereocenters. The predicted octanol–water partition coefficient (Wildman–Crippen LogP) is 4.14. The molecule has 0 fully saturated rings. The summed E-state index contributed by atoms with van der Waals surface area (Å²) in [6, 6.07) is 10.8. The predicted molar refractivity (Wildman–Crippen MR) is 79.9 cm³/mol. The van der Waals surface area contributed by atoms with Gasteiger partial charge in [0.25, 0.3) is 0 Å². The van der Waals surface area contributed by atoms with Gasteiger partial charge >= 0.3 is 0 Å². The molecule has 96 valence electrons. The molecule has 0 aliphatic heterocycles. The SMILES string of the molecule is CN(CC(CBr)c1ccccc1)CC(C)(C)C. The third-order valence-corrected chi connectivity index (χ3v) is 3.52. The lowest BCUT2D eigenvalue weighted by Gasteiger charge is -2.29. The van der Waals surface area contributed by atoms with Gasteiger partial charge < -0.3 is 4.90 Å². The van der Waals surface area contributed by atoms with Gasteiger partial charge in [0.05, 0.1) is 0 Å². The van der Waals surface area contributed by atoms with Crippen LogP contribution in [0.15, 0.2) is 30.3 Å². The molecule has 0 bridgehead atoms. The Labute approximate surface area is 114 Å². The number of nitrogens with zero attached hydrogens (tertiary/aromatic N) is 1. The summed E-state index contributed by atoms with van der Waals surface area (Å²) >= 11 is 3.63. The molecule has 1 aromatic carbocycles. The molecule has 0 radical (unpaired) electrons. The molecule has 1 aromatic rings. The van der Waals surface area contributed by atoms with Crippen LogP contribution in [0.1, 0.15) is 32.3 Å². The zero-order chi connectivity index (χ0) is 12.9. The number of alkyl halides is 1. The Kier molecular flexibility index (Phi) is 5.68. The molecule has 0 amide bonds. The second-order valence-electron chi connectivity index (χ2n) is 6.02. The highest BCUT2D eigenvalue weighted by Gasteiger charge is 2.17. The molecule has 0 aromatic heterocycles. The summed E-state index contributed by atoms with van der Waals surface area (Å²) in [4.78, 5) is 2.43. The molecule has 0 aliphatic rings. The van der Waals surface area contributed by atoms with Crippen molar-refractivity contribution in [1.29, 1.82) is 0 Å². The Balaban J connectivity index is 2.59. The maximum Gasteiger partial charge on any atom is 0.0112 e. The summed E-state index contributed by atoms with van der Waals surface area (Å²) < 4.78 is 0. The van der Waals surface area contributed by atoms with Gasteiger partial charge in [-0.15, -0.1) is 0 Å². The fourth-order valence-corrected chi connectivity index (χ4v) is 2.80. The fourth-order valence-electron chi connectivity index (χ4n) is 2.22. The molecular weight excluding hydrogens is 274 g/mol. The van der Waals surface area contributed by atoms with E-state index in [9.17, 15) is 0 Å². The maximum atomic E-state index is 3.63. The molecule has 0 N–H and O–H groups in total. The average Bonchev–Trinajstić information content (AvgIpc) is 2.24. The second-order valence-corrected chi connectivity index (χ2v) is 6.67. The highest BCUT2D eigenvalue weighted by molar-refractivity contribution is 9.09. The monoisotopic (exact) mass is 297 g/mol. The average molecular weight is 298 g/mol. The minimum atomic E-state index is 0.363. The molecule has 0 spiro atoms. The lowest BCUT2D eigenvalue weighted by Crippen LogP contribution is -2.33. The Morgan fingerprint density at radius 1 is 1.18 bits per heavy atom. The van der Waals surface area contributed by atoms with Crippen LogP contribution in [-0.2, 0) is 0 Å². The molecule has 17 heavy (non-hydrogen) atoms. The van der Waals surface area contributed by atoms with E-state index in [0.29, 0.717) is 11.3 Å². The maximum absolute atomic E-state index is 3.63. The molecule has 0 saturated carbocycles. The second kappa shape index (κ2) is 6.55. The first-order valence-electron chi connectivity index (χ1n) is 6.22. The van der Waals surface area contributed by atoms with Crippen molar-refractivity contribution in [1.82, 2.24) is 4.90 Å². The highest BCUT2D eigenvalue weighted by atomic mass is 79.9. The van der Waals surface area contributed by atoms with E-state index in [1.165, 1.54) is 5.56 Å².